The highest BCUT2D eigenvalue weighted by molar-refractivity contribution is 6.30. The van der Waals surface area contributed by atoms with Crippen LogP contribution < -0.4 is 15.8 Å². The van der Waals surface area contributed by atoms with Crippen molar-refractivity contribution in [3.05, 3.63) is 76.7 Å². The fourth-order valence-electron chi connectivity index (χ4n) is 3.91. The number of benzene rings is 1. The van der Waals surface area contributed by atoms with Crippen molar-refractivity contribution < 1.29 is 4.79 Å². The predicted octanol–water partition coefficient (Wildman–Crippen LogP) is 4.23. The number of hydrazine groups is 1. The Balaban J connectivity index is 1.55. The van der Waals surface area contributed by atoms with Gasteiger partial charge in [0, 0.05) is 29.4 Å². The zero-order valence-corrected chi connectivity index (χ0v) is 19.5. The number of nitrogens with zero attached hydrogens (tertiary/aromatic N) is 6. The Labute approximate surface area is 201 Å². The van der Waals surface area contributed by atoms with Crippen molar-refractivity contribution in [1.82, 2.24) is 30.3 Å². The summed E-state index contributed by atoms with van der Waals surface area (Å²) in [5.41, 5.74) is 6.67. The quantitative estimate of drug-likeness (QED) is 0.454. The first kappa shape index (κ1) is 21.9. The summed E-state index contributed by atoms with van der Waals surface area (Å²) in [4.78, 5) is 35.7. The van der Waals surface area contributed by atoms with E-state index in [1.807, 2.05) is 43.2 Å². The first-order chi connectivity index (χ1) is 16.4. The molecule has 3 aromatic heterocycles. The third-order valence-corrected chi connectivity index (χ3v) is 5.68. The van der Waals surface area contributed by atoms with Crippen molar-refractivity contribution >= 4 is 29.3 Å². The van der Waals surface area contributed by atoms with Gasteiger partial charge >= 0.3 is 0 Å². The first-order valence-corrected chi connectivity index (χ1v) is 11.0. The number of aryl methyl sites for hydroxylation is 1. The van der Waals surface area contributed by atoms with Crippen molar-refractivity contribution in [3.63, 3.8) is 0 Å². The van der Waals surface area contributed by atoms with Crippen LogP contribution in [0.1, 0.15) is 34.7 Å². The molecule has 2 N–H and O–H groups in total. The van der Waals surface area contributed by atoms with E-state index in [2.05, 4.69) is 30.7 Å². The van der Waals surface area contributed by atoms with Gasteiger partial charge in [-0.3, -0.25) is 20.1 Å². The van der Waals surface area contributed by atoms with E-state index in [-0.39, 0.29) is 17.9 Å². The van der Waals surface area contributed by atoms with Gasteiger partial charge in [0.25, 0.3) is 5.91 Å². The van der Waals surface area contributed by atoms with Gasteiger partial charge in [-0.15, -0.1) is 0 Å². The molecule has 0 aliphatic carbocycles. The predicted molar refractivity (Wildman–Crippen MR) is 130 cm³/mol. The van der Waals surface area contributed by atoms with Crippen LogP contribution >= 0.6 is 11.6 Å². The van der Waals surface area contributed by atoms with Crippen LogP contribution in [0.4, 0.5) is 11.8 Å². The summed E-state index contributed by atoms with van der Waals surface area (Å²) < 4.78 is 0. The van der Waals surface area contributed by atoms with Crippen LogP contribution in [0.15, 0.2) is 54.7 Å². The molecular weight excluding hydrogens is 452 g/mol. The van der Waals surface area contributed by atoms with Crippen LogP contribution in [0.5, 0.6) is 0 Å². The molecule has 5 rings (SSSR count). The first-order valence-electron chi connectivity index (χ1n) is 10.7. The van der Waals surface area contributed by atoms with Crippen LogP contribution in [0.3, 0.4) is 0 Å². The van der Waals surface area contributed by atoms with Crippen LogP contribution in [-0.4, -0.2) is 37.9 Å². The van der Waals surface area contributed by atoms with E-state index < -0.39 is 0 Å². The average Bonchev–Trinajstić information content (AvgIpc) is 3.12. The van der Waals surface area contributed by atoms with Gasteiger partial charge in [0.2, 0.25) is 5.95 Å². The lowest BCUT2D eigenvalue weighted by molar-refractivity contribution is 0.102. The number of anilines is 2. The van der Waals surface area contributed by atoms with Gasteiger partial charge in [-0.25, -0.2) is 15.4 Å². The third-order valence-electron chi connectivity index (χ3n) is 5.43. The number of carbonyl (C=O) groups is 1. The molecule has 0 saturated carbocycles. The van der Waals surface area contributed by atoms with Gasteiger partial charge in [0.05, 0.1) is 17.3 Å². The Morgan fingerprint density at radius 1 is 1.06 bits per heavy atom. The standard InChI is InChI=1S/C24H21ClN8O/c1-13-20-17(12-19(29-22(20)33(3)32-13)15-7-9-16(25)10-8-15)23(34)31-24-28-14(2)27-21(30-24)18-6-4-5-11-26-18/h4-13,32H,1-3H3,(H,27,28,30,31,34). The number of halogens is 1. The summed E-state index contributed by atoms with van der Waals surface area (Å²) >= 11 is 6.05. The lowest BCUT2D eigenvalue weighted by Crippen LogP contribution is -2.29. The minimum Gasteiger partial charge on any atom is -0.294 e. The molecule has 1 atom stereocenters. The highest BCUT2D eigenvalue weighted by atomic mass is 35.5. The molecule has 4 heterocycles. The molecule has 0 saturated heterocycles. The van der Waals surface area contributed by atoms with E-state index in [1.165, 1.54) is 0 Å². The van der Waals surface area contributed by atoms with Gasteiger partial charge in [-0.1, -0.05) is 29.8 Å². The second-order valence-electron chi connectivity index (χ2n) is 7.91. The number of fused-ring (bicyclic) bond motifs is 1. The van der Waals surface area contributed by atoms with Gasteiger partial charge in [0.15, 0.2) is 5.82 Å². The molecule has 4 aromatic rings. The molecule has 10 heteroatoms. The highest BCUT2D eigenvalue weighted by Gasteiger charge is 2.31. The van der Waals surface area contributed by atoms with E-state index in [0.29, 0.717) is 39.4 Å². The Hall–Kier alpha value is -3.95. The summed E-state index contributed by atoms with van der Waals surface area (Å²) in [5.74, 6) is 1.37. The smallest absolute Gasteiger partial charge is 0.258 e. The van der Waals surface area contributed by atoms with Gasteiger partial charge in [-0.2, -0.15) is 9.97 Å². The van der Waals surface area contributed by atoms with Gasteiger partial charge in [0.1, 0.15) is 17.3 Å². The molecular formula is C24H21ClN8O. The Morgan fingerprint density at radius 3 is 2.59 bits per heavy atom. The Morgan fingerprint density at radius 2 is 1.85 bits per heavy atom. The second kappa shape index (κ2) is 8.77. The zero-order chi connectivity index (χ0) is 23.8. The molecule has 1 amide bonds. The molecule has 0 spiro atoms. The van der Waals surface area contributed by atoms with Crippen molar-refractivity contribution in [1.29, 1.82) is 0 Å². The average molecular weight is 473 g/mol. The van der Waals surface area contributed by atoms with Crippen LogP contribution in [-0.2, 0) is 0 Å². The van der Waals surface area contributed by atoms with Crippen LogP contribution in [0, 0.1) is 6.92 Å². The highest BCUT2D eigenvalue weighted by Crippen LogP contribution is 2.36. The number of nitrogens with one attached hydrogen (secondary N) is 2. The van der Waals surface area contributed by atoms with Crippen LogP contribution in [0.25, 0.3) is 22.8 Å². The normalized spacial score (nSPS) is 14.7. The maximum absolute atomic E-state index is 13.5. The molecule has 1 unspecified atom stereocenters. The maximum Gasteiger partial charge on any atom is 0.258 e. The van der Waals surface area contributed by atoms with Crippen molar-refractivity contribution in [3.8, 4) is 22.8 Å². The van der Waals surface area contributed by atoms with Crippen LogP contribution in [0.2, 0.25) is 5.02 Å². The number of pyridine rings is 2. The zero-order valence-electron chi connectivity index (χ0n) is 18.7. The van der Waals surface area contributed by atoms with E-state index in [9.17, 15) is 4.79 Å². The van der Waals surface area contributed by atoms with Crippen molar-refractivity contribution in [2.45, 2.75) is 19.9 Å². The molecule has 0 bridgehead atoms. The fourth-order valence-corrected chi connectivity index (χ4v) is 4.04. The molecule has 9 nitrogen and oxygen atoms in total. The summed E-state index contributed by atoms with van der Waals surface area (Å²) in [7, 11) is 1.87. The third kappa shape index (κ3) is 4.18. The number of rotatable bonds is 4. The Bertz CT molecular complexity index is 1380. The topological polar surface area (TPSA) is 109 Å². The lowest BCUT2D eigenvalue weighted by Gasteiger charge is -2.14. The number of aromatic nitrogens is 5. The minimum absolute atomic E-state index is 0.100. The molecule has 34 heavy (non-hydrogen) atoms. The monoisotopic (exact) mass is 472 g/mol. The van der Waals surface area contributed by atoms with Gasteiger partial charge < -0.3 is 0 Å². The number of carbonyl (C=O) groups excluding carboxylic acids is 1. The summed E-state index contributed by atoms with van der Waals surface area (Å²) in [6.45, 7) is 3.72. The second-order valence-corrected chi connectivity index (χ2v) is 8.34. The summed E-state index contributed by atoms with van der Waals surface area (Å²) in [6, 6.07) is 14.5. The lowest BCUT2D eigenvalue weighted by atomic mass is 10.00. The van der Waals surface area contributed by atoms with E-state index in [0.717, 1.165) is 11.1 Å². The number of hydrogen-bond donors (Lipinski definition) is 2. The number of amides is 1. The largest absolute Gasteiger partial charge is 0.294 e. The molecule has 0 radical (unpaired) electrons. The fraction of sp³-hybridized carbons (Fsp3) is 0.167. The molecule has 1 aromatic carbocycles. The molecule has 1 aliphatic heterocycles. The van der Waals surface area contributed by atoms with Gasteiger partial charge in [-0.05, 0) is 44.2 Å². The van der Waals surface area contributed by atoms with E-state index in [4.69, 9.17) is 16.6 Å². The Kier molecular flexibility index (Phi) is 5.64. The summed E-state index contributed by atoms with van der Waals surface area (Å²) in [6.07, 6.45) is 1.66. The van der Waals surface area contributed by atoms with Crippen molar-refractivity contribution in [2.75, 3.05) is 17.4 Å². The number of hydrogen-bond acceptors (Lipinski definition) is 8. The van der Waals surface area contributed by atoms with Crippen molar-refractivity contribution in [2.24, 2.45) is 0 Å². The minimum atomic E-state index is -0.338. The molecule has 170 valence electrons. The van der Waals surface area contributed by atoms with E-state index >= 15 is 0 Å². The van der Waals surface area contributed by atoms with E-state index in [1.54, 1.807) is 37.4 Å². The molecule has 0 fully saturated rings. The molecule has 1 aliphatic rings. The summed E-state index contributed by atoms with van der Waals surface area (Å²) in [5, 5.41) is 5.29. The maximum atomic E-state index is 13.5. The SMILES string of the molecule is Cc1nc(NC(=O)c2cc(-c3ccc(Cl)cc3)nc3c2C(C)NN3C)nc(-c2ccccn2)n1.